The van der Waals surface area contributed by atoms with E-state index in [-0.39, 0.29) is 0 Å². The third-order valence-electron chi connectivity index (χ3n) is 1.34. The third-order valence-corrected chi connectivity index (χ3v) is 3.00. The van der Waals surface area contributed by atoms with Crippen molar-refractivity contribution in [3.8, 4) is 0 Å². The molecular formula is C8H9IS. The van der Waals surface area contributed by atoms with Gasteiger partial charge in [-0.05, 0) is 17.9 Å². The fraction of sp³-hybridized carbons (Fsp3) is 0.250. The van der Waals surface area contributed by atoms with E-state index in [1.54, 1.807) is 0 Å². The van der Waals surface area contributed by atoms with Gasteiger partial charge in [0.2, 0.25) is 0 Å². The Balaban J connectivity index is 2.96. The molecule has 0 aromatic heterocycles. The molecule has 0 amide bonds. The van der Waals surface area contributed by atoms with E-state index in [1.807, 2.05) is 11.8 Å². The maximum absolute atomic E-state index is 2.39. The van der Waals surface area contributed by atoms with Crippen molar-refractivity contribution in [2.75, 3.05) is 6.26 Å². The van der Waals surface area contributed by atoms with Crippen LogP contribution < -0.4 is 0 Å². The number of benzene rings is 1. The molecule has 0 unspecified atom stereocenters. The largest absolute Gasteiger partial charge is 0.129 e. The van der Waals surface area contributed by atoms with Crippen molar-refractivity contribution in [1.82, 2.24) is 0 Å². The van der Waals surface area contributed by atoms with Crippen LogP contribution in [0.1, 0.15) is 5.56 Å². The maximum Gasteiger partial charge on any atom is 0.0258 e. The molecule has 1 aromatic rings. The van der Waals surface area contributed by atoms with Crippen LogP contribution in [0.15, 0.2) is 29.2 Å². The van der Waals surface area contributed by atoms with Gasteiger partial charge < -0.3 is 0 Å². The highest BCUT2D eigenvalue weighted by Gasteiger charge is 1.95. The van der Waals surface area contributed by atoms with Gasteiger partial charge in [0.25, 0.3) is 0 Å². The molecule has 0 heterocycles. The molecule has 0 radical (unpaired) electrons. The van der Waals surface area contributed by atoms with Crippen LogP contribution in [-0.2, 0) is 4.43 Å². The Labute approximate surface area is 79.5 Å². The lowest BCUT2D eigenvalue weighted by atomic mass is 10.2. The summed E-state index contributed by atoms with van der Waals surface area (Å²) in [6.07, 6.45) is 2.12. The summed E-state index contributed by atoms with van der Waals surface area (Å²) in [4.78, 5) is 1.40. The Morgan fingerprint density at radius 1 is 1.40 bits per heavy atom. The average molecular weight is 264 g/mol. The summed E-state index contributed by atoms with van der Waals surface area (Å²) < 4.78 is 1.11. The van der Waals surface area contributed by atoms with Crippen LogP contribution in [0.5, 0.6) is 0 Å². The normalized spacial score (nSPS) is 9.80. The number of hydrogen-bond donors (Lipinski definition) is 0. The Morgan fingerprint density at radius 2 is 2.10 bits per heavy atom. The van der Waals surface area contributed by atoms with Crippen LogP contribution in [-0.4, -0.2) is 6.26 Å². The number of halogens is 1. The van der Waals surface area contributed by atoms with Crippen molar-refractivity contribution in [3.63, 3.8) is 0 Å². The van der Waals surface area contributed by atoms with Gasteiger partial charge in [0.05, 0.1) is 0 Å². The number of rotatable bonds is 2. The Bertz CT molecular complexity index is 187. The Morgan fingerprint density at radius 3 is 2.60 bits per heavy atom. The Hall–Kier alpha value is 0.300. The monoisotopic (exact) mass is 264 g/mol. The van der Waals surface area contributed by atoms with Gasteiger partial charge in [0.1, 0.15) is 0 Å². The first-order chi connectivity index (χ1) is 4.88. The van der Waals surface area contributed by atoms with Crippen molar-refractivity contribution >= 4 is 34.4 Å². The topological polar surface area (TPSA) is 0 Å². The van der Waals surface area contributed by atoms with Crippen LogP contribution in [0, 0.1) is 0 Å². The van der Waals surface area contributed by atoms with Crippen LogP contribution in [0.25, 0.3) is 0 Å². The summed E-state index contributed by atoms with van der Waals surface area (Å²) in [7, 11) is 0. The summed E-state index contributed by atoms with van der Waals surface area (Å²) in [6, 6.07) is 8.52. The standard InChI is InChI=1S/C8H9IS/c1-10-8-5-3-2-4-7(8)6-9/h2-5H,6H2,1H3. The molecule has 0 N–H and O–H groups in total. The molecule has 10 heavy (non-hydrogen) atoms. The highest BCUT2D eigenvalue weighted by atomic mass is 127. The van der Waals surface area contributed by atoms with Crippen molar-refractivity contribution in [1.29, 1.82) is 0 Å². The van der Waals surface area contributed by atoms with E-state index >= 15 is 0 Å². The maximum atomic E-state index is 2.39. The van der Waals surface area contributed by atoms with Gasteiger partial charge in [-0.3, -0.25) is 0 Å². The quantitative estimate of drug-likeness (QED) is 0.448. The van der Waals surface area contributed by atoms with Gasteiger partial charge >= 0.3 is 0 Å². The van der Waals surface area contributed by atoms with Crippen molar-refractivity contribution in [3.05, 3.63) is 29.8 Å². The second kappa shape index (κ2) is 4.23. The predicted molar refractivity (Wildman–Crippen MR) is 55.9 cm³/mol. The zero-order chi connectivity index (χ0) is 7.40. The first-order valence-corrected chi connectivity index (χ1v) is 5.81. The minimum atomic E-state index is 1.11. The number of alkyl halides is 1. The number of thioether (sulfide) groups is 1. The summed E-state index contributed by atoms with van der Waals surface area (Å²) in [5, 5.41) is 0. The molecule has 0 atom stereocenters. The van der Waals surface area contributed by atoms with E-state index in [1.165, 1.54) is 10.5 Å². The van der Waals surface area contributed by atoms with Crippen molar-refractivity contribution in [2.45, 2.75) is 9.32 Å². The van der Waals surface area contributed by atoms with Gasteiger partial charge in [-0.15, -0.1) is 11.8 Å². The smallest absolute Gasteiger partial charge is 0.0258 e. The van der Waals surface area contributed by atoms with Gasteiger partial charge in [-0.25, -0.2) is 0 Å². The van der Waals surface area contributed by atoms with E-state index in [2.05, 4.69) is 53.1 Å². The fourth-order valence-electron chi connectivity index (χ4n) is 0.813. The number of hydrogen-bond acceptors (Lipinski definition) is 1. The van der Waals surface area contributed by atoms with Crippen molar-refractivity contribution < 1.29 is 0 Å². The van der Waals surface area contributed by atoms with Crippen LogP contribution in [0.2, 0.25) is 0 Å². The summed E-state index contributed by atoms with van der Waals surface area (Å²) in [5.74, 6) is 0. The van der Waals surface area contributed by atoms with E-state index in [0.717, 1.165) is 4.43 Å². The van der Waals surface area contributed by atoms with Gasteiger partial charge in [0.15, 0.2) is 0 Å². The fourth-order valence-corrected chi connectivity index (χ4v) is 2.35. The molecular weight excluding hydrogens is 255 g/mol. The molecule has 1 aromatic carbocycles. The molecule has 0 aliphatic heterocycles. The first kappa shape index (κ1) is 8.40. The van der Waals surface area contributed by atoms with E-state index < -0.39 is 0 Å². The predicted octanol–water partition coefficient (Wildman–Crippen LogP) is 3.34. The summed E-state index contributed by atoms with van der Waals surface area (Å²) >= 11 is 4.20. The third kappa shape index (κ3) is 1.89. The van der Waals surface area contributed by atoms with E-state index in [4.69, 9.17) is 0 Å². The van der Waals surface area contributed by atoms with Crippen LogP contribution in [0.3, 0.4) is 0 Å². The van der Waals surface area contributed by atoms with E-state index in [9.17, 15) is 0 Å². The molecule has 1 rings (SSSR count). The zero-order valence-electron chi connectivity index (χ0n) is 5.80. The average Bonchev–Trinajstić information content (AvgIpc) is 2.04. The molecule has 0 saturated carbocycles. The minimum absolute atomic E-state index is 1.11. The summed E-state index contributed by atoms with van der Waals surface area (Å²) in [5.41, 5.74) is 1.44. The molecule has 54 valence electrons. The van der Waals surface area contributed by atoms with Crippen LogP contribution in [0.4, 0.5) is 0 Å². The molecule has 0 aliphatic rings. The second-order valence-corrected chi connectivity index (χ2v) is 3.56. The lowest BCUT2D eigenvalue weighted by Gasteiger charge is -2.01. The molecule has 0 saturated heterocycles. The lowest BCUT2D eigenvalue weighted by Crippen LogP contribution is -1.79. The SMILES string of the molecule is CSc1ccccc1CI. The summed E-state index contributed by atoms with van der Waals surface area (Å²) in [6.45, 7) is 0. The molecule has 0 nitrogen and oxygen atoms in total. The lowest BCUT2D eigenvalue weighted by molar-refractivity contribution is 1.30. The highest BCUT2D eigenvalue weighted by Crippen LogP contribution is 2.21. The first-order valence-electron chi connectivity index (χ1n) is 3.06. The van der Waals surface area contributed by atoms with Crippen molar-refractivity contribution in [2.24, 2.45) is 0 Å². The van der Waals surface area contributed by atoms with Gasteiger partial charge in [0, 0.05) is 9.32 Å². The van der Waals surface area contributed by atoms with Gasteiger partial charge in [-0.1, -0.05) is 40.8 Å². The Kier molecular flexibility index (Phi) is 3.56. The molecule has 0 spiro atoms. The minimum Gasteiger partial charge on any atom is -0.129 e. The molecule has 0 bridgehead atoms. The molecule has 0 aliphatic carbocycles. The zero-order valence-corrected chi connectivity index (χ0v) is 8.78. The van der Waals surface area contributed by atoms with Crippen LogP contribution >= 0.6 is 34.4 Å². The molecule has 2 heteroatoms. The van der Waals surface area contributed by atoms with Gasteiger partial charge in [-0.2, -0.15) is 0 Å². The highest BCUT2D eigenvalue weighted by molar-refractivity contribution is 14.1. The second-order valence-electron chi connectivity index (χ2n) is 1.95. The van der Waals surface area contributed by atoms with E-state index in [0.29, 0.717) is 0 Å². The molecule has 0 fully saturated rings.